The Kier molecular flexibility index (Phi) is 1.85. The molecule has 0 amide bonds. The molecule has 0 aromatic rings. The zero-order chi connectivity index (χ0) is 8.43. The molecule has 0 bridgehead atoms. The molecule has 0 aliphatic carbocycles. The molecular weight excluding hydrogens is 144 g/mol. The summed E-state index contributed by atoms with van der Waals surface area (Å²) in [7, 11) is 0. The average Bonchev–Trinajstić information content (AvgIpc) is 1.85. The minimum atomic E-state index is -0.909. The monoisotopic (exact) mass is 154 g/mol. The summed E-state index contributed by atoms with van der Waals surface area (Å²) in [5.74, 6) is -0.406. The molecule has 0 saturated heterocycles. The van der Waals surface area contributed by atoms with E-state index >= 15 is 0 Å². The number of carboxylic acid groups (broad SMARTS) is 1. The third kappa shape index (κ3) is 1.52. The maximum Gasteiger partial charge on any atom is 0.333 e. The Morgan fingerprint density at radius 1 is 1.73 bits per heavy atom. The summed E-state index contributed by atoms with van der Waals surface area (Å²) in [4.78, 5) is 10.5. The van der Waals surface area contributed by atoms with Gasteiger partial charge in [-0.3, -0.25) is 0 Å². The van der Waals surface area contributed by atoms with E-state index in [0.717, 1.165) is 0 Å². The lowest BCUT2D eigenvalue weighted by atomic mass is 10.1. The fourth-order valence-corrected chi connectivity index (χ4v) is 0.956. The van der Waals surface area contributed by atoms with Crippen molar-refractivity contribution in [1.29, 1.82) is 0 Å². The highest BCUT2D eigenvalue weighted by Crippen LogP contribution is 2.08. The van der Waals surface area contributed by atoms with Crippen molar-refractivity contribution >= 4 is 5.97 Å². The third-order valence-corrected chi connectivity index (χ3v) is 1.54. The second-order valence-electron chi connectivity index (χ2n) is 2.42. The molecular formula is C7H10N2O2. The minimum absolute atomic E-state index is 0.211. The van der Waals surface area contributed by atoms with E-state index in [2.05, 4.69) is 5.32 Å². The molecule has 0 saturated carbocycles. The average molecular weight is 154 g/mol. The summed E-state index contributed by atoms with van der Waals surface area (Å²) >= 11 is 0. The van der Waals surface area contributed by atoms with E-state index in [1.54, 1.807) is 13.0 Å². The second kappa shape index (κ2) is 2.65. The largest absolute Gasteiger partial charge is 0.478 e. The maximum absolute atomic E-state index is 10.5. The molecule has 4 heteroatoms. The molecule has 1 atom stereocenters. The van der Waals surface area contributed by atoms with Gasteiger partial charge in [-0.25, -0.2) is 4.79 Å². The highest BCUT2D eigenvalue weighted by molar-refractivity contribution is 5.88. The third-order valence-electron chi connectivity index (χ3n) is 1.54. The molecule has 1 unspecified atom stereocenters. The molecule has 1 aliphatic rings. The molecule has 0 spiro atoms. The van der Waals surface area contributed by atoms with E-state index in [1.807, 2.05) is 0 Å². The van der Waals surface area contributed by atoms with Gasteiger partial charge in [-0.15, -0.1) is 0 Å². The van der Waals surface area contributed by atoms with E-state index in [0.29, 0.717) is 11.4 Å². The van der Waals surface area contributed by atoms with Crippen LogP contribution in [0.25, 0.3) is 0 Å². The number of nitrogens with one attached hydrogen (secondary N) is 1. The summed E-state index contributed by atoms with van der Waals surface area (Å²) in [6.45, 7) is 1.75. The number of nitrogens with two attached hydrogens (primary N) is 1. The van der Waals surface area contributed by atoms with Crippen LogP contribution < -0.4 is 11.1 Å². The van der Waals surface area contributed by atoms with Gasteiger partial charge in [-0.05, 0) is 19.1 Å². The van der Waals surface area contributed by atoms with Crippen LogP contribution in [0, 0.1) is 0 Å². The van der Waals surface area contributed by atoms with E-state index < -0.39 is 5.97 Å². The fraction of sp³-hybridized carbons (Fsp3) is 0.286. The molecule has 4 N–H and O–H groups in total. The topological polar surface area (TPSA) is 75.3 Å². The highest BCUT2D eigenvalue weighted by Gasteiger charge is 2.17. The number of hydrogen-bond donors (Lipinski definition) is 3. The zero-order valence-electron chi connectivity index (χ0n) is 6.16. The van der Waals surface area contributed by atoms with Crippen LogP contribution >= 0.6 is 0 Å². The van der Waals surface area contributed by atoms with Crippen molar-refractivity contribution in [1.82, 2.24) is 5.32 Å². The van der Waals surface area contributed by atoms with Crippen molar-refractivity contribution in [2.75, 3.05) is 0 Å². The second-order valence-corrected chi connectivity index (χ2v) is 2.42. The summed E-state index contributed by atoms with van der Waals surface area (Å²) in [6, 6.07) is -0.211. The molecule has 0 fully saturated rings. The molecule has 1 heterocycles. The number of aliphatic carboxylic acids is 1. The van der Waals surface area contributed by atoms with Crippen molar-refractivity contribution in [3.05, 3.63) is 23.5 Å². The Bertz CT molecular complexity index is 243. The zero-order valence-corrected chi connectivity index (χ0v) is 6.16. The molecule has 1 rings (SSSR count). The number of hydrogen-bond acceptors (Lipinski definition) is 3. The van der Waals surface area contributed by atoms with Crippen molar-refractivity contribution in [2.24, 2.45) is 5.73 Å². The van der Waals surface area contributed by atoms with Crippen LogP contribution in [0.3, 0.4) is 0 Å². The van der Waals surface area contributed by atoms with Gasteiger partial charge in [0.05, 0.1) is 17.4 Å². The lowest BCUT2D eigenvalue weighted by molar-refractivity contribution is -0.133. The van der Waals surface area contributed by atoms with Crippen LogP contribution in [0.4, 0.5) is 0 Å². The van der Waals surface area contributed by atoms with Crippen LogP contribution in [0.15, 0.2) is 23.5 Å². The van der Waals surface area contributed by atoms with Gasteiger partial charge in [0.1, 0.15) is 0 Å². The Labute approximate surface area is 64.4 Å². The molecule has 4 nitrogen and oxygen atoms in total. The summed E-state index contributed by atoms with van der Waals surface area (Å²) < 4.78 is 0. The smallest absolute Gasteiger partial charge is 0.333 e. The van der Waals surface area contributed by atoms with Crippen molar-refractivity contribution in [3.63, 3.8) is 0 Å². The van der Waals surface area contributed by atoms with Crippen LogP contribution in [-0.4, -0.2) is 17.1 Å². The Morgan fingerprint density at radius 3 is 2.82 bits per heavy atom. The standard InChI is InChI=1S/C7H10N2O2/c1-4-5(7(10)11)2-3-6(8)9-4/h2-4,9H,8H2,1H3,(H,10,11). The summed E-state index contributed by atoms with van der Waals surface area (Å²) in [5.41, 5.74) is 5.73. The minimum Gasteiger partial charge on any atom is -0.478 e. The predicted octanol–water partition coefficient (Wildman–Crippen LogP) is -0.211. The summed E-state index contributed by atoms with van der Waals surface area (Å²) in [6.07, 6.45) is 3.06. The highest BCUT2D eigenvalue weighted by atomic mass is 16.4. The van der Waals surface area contributed by atoms with E-state index in [9.17, 15) is 4.79 Å². The number of carbonyl (C=O) groups is 1. The quantitative estimate of drug-likeness (QED) is 0.488. The van der Waals surface area contributed by atoms with Gasteiger partial charge >= 0.3 is 5.97 Å². The van der Waals surface area contributed by atoms with Gasteiger partial charge in [-0.2, -0.15) is 0 Å². The van der Waals surface area contributed by atoms with Gasteiger partial charge in [0.15, 0.2) is 0 Å². The van der Waals surface area contributed by atoms with Crippen LogP contribution in [-0.2, 0) is 4.79 Å². The van der Waals surface area contributed by atoms with Crippen molar-refractivity contribution in [2.45, 2.75) is 13.0 Å². The van der Waals surface area contributed by atoms with Crippen LogP contribution in [0.1, 0.15) is 6.92 Å². The fourth-order valence-electron chi connectivity index (χ4n) is 0.956. The Morgan fingerprint density at radius 2 is 2.36 bits per heavy atom. The number of allylic oxidation sites excluding steroid dienone is 2. The van der Waals surface area contributed by atoms with Gasteiger partial charge in [0.25, 0.3) is 0 Å². The lowest BCUT2D eigenvalue weighted by Gasteiger charge is -2.18. The van der Waals surface area contributed by atoms with Gasteiger partial charge in [-0.1, -0.05) is 0 Å². The first-order valence-corrected chi connectivity index (χ1v) is 3.28. The first-order valence-electron chi connectivity index (χ1n) is 3.28. The molecule has 0 aromatic carbocycles. The first-order chi connectivity index (χ1) is 5.11. The number of carboxylic acids is 1. The van der Waals surface area contributed by atoms with E-state index in [1.165, 1.54) is 6.08 Å². The molecule has 1 aliphatic heterocycles. The van der Waals surface area contributed by atoms with Crippen LogP contribution in [0.2, 0.25) is 0 Å². The van der Waals surface area contributed by atoms with Crippen LogP contribution in [0.5, 0.6) is 0 Å². The summed E-state index contributed by atoms with van der Waals surface area (Å²) in [5, 5.41) is 11.4. The number of dihydropyridines is 1. The van der Waals surface area contributed by atoms with Crippen molar-refractivity contribution < 1.29 is 9.90 Å². The first kappa shape index (κ1) is 7.65. The van der Waals surface area contributed by atoms with Crippen molar-refractivity contribution in [3.8, 4) is 0 Å². The molecule has 0 radical (unpaired) electrons. The van der Waals surface area contributed by atoms with E-state index in [-0.39, 0.29) is 6.04 Å². The molecule has 11 heavy (non-hydrogen) atoms. The predicted molar refractivity (Wildman–Crippen MR) is 40.6 cm³/mol. The maximum atomic E-state index is 10.5. The Hall–Kier alpha value is -1.45. The SMILES string of the molecule is CC1NC(N)=CC=C1C(=O)O. The lowest BCUT2D eigenvalue weighted by Crippen LogP contribution is -2.35. The number of rotatable bonds is 1. The normalized spacial score (nSPS) is 23.2. The Balaban J connectivity index is 2.87. The van der Waals surface area contributed by atoms with E-state index in [4.69, 9.17) is 10.8 Å². The molecule has 60 valence electrons. The van der Waals surface area contributed by atoms with Gasteiger partial charge in [0.2, 0.25) is 0 Å². The van der Waals surface area contributed by atoms with Gasteiger partial charge < -0.3 is 16.2 Å². The molecule has 0 aromatic heterocycles. The van der Waals surface area contributed by atoms with Gasteiger partial charge in [0, 0.05) is 0 Å².